The first kappa shape index (κ1) is 11.4. The minimum Gasteiger partial charge on any atom is -0.550 e. The van der Waals surface area contributed by atoms with Gasteiger partial charge >= 0.3 is 27.7 Å². The molecule has 0 bridgehead atoms. The van der Waals surface area contributed by atoms with E-state index in [1.165, 1.54) is 19.3 Å². The molecule has 1 rings (SSSR count). The van der Waals surface area contributed by atoms with E-state index in [1.54, 1.807) is 0 Å². The van der Waals surface area contributed by atoms with Crippen LogP contribution < -0.4 is 5.11 Å². The smallest absolute Gasteiger partial charge is 0.550 e. The Kier molecular flexibility index (Phi) is 6.20. The minimum atomic E-state index is -0.882. The largest absolute Gasteiger partial charge is 1.00 e. The predicted molar refractivity (Wildman–Crippen MR) is 36.2 cm³/mol. The van der Waals surface area contributed by atoms with Crippen LogP contribution in [0.4, 0.5) is 0 Å². The summed E-state index contributed by atoms with van der Waals surface area (Å²) in [5.41, 5.74) is 0. The van der Waals surface area contributed by atoms with Gasteiger partial charge in [-0.2, -0.15) is 0 Å². The maximum atomic E-state index is 10.2. The fourth-order valence-corrected chi connectivity index (χ4v) is 1.63. The molecule has 1 saturated carbocycles. The second kappa shape index (κ2) is 5.98. The molecule has 0 unspecified atom stereocenters. The zero-order valence-corrected chi connectivity index (χ0v) is 12.3. The van der Waals surface area contributed by atoms with Crippen LogP contribution in [-0.2, 0) is 32.5 Å². The van der Waals surface area contributed by atoms with E-state index in [-0.39, 0.29) is 34.1 Å². The van der Waals surface area contributed by atoms with Gasteiger partial charge in [0, 0.05) is 5.97 Å². The average Bonchev–Trinajstić information content (AvgIpc) is 1.88. The second-order valence-electron chi connectivity index (χ2n) is 3.08. The van der Waals surface area contributed by atoms with Crippen LogP contribution in [0.5, 0.6) is 0 Å². The average molecular weight is 342 g/mol. The van der Waals surface area contributed by atoms with Gasteiger partial charge in [0.1, 0.15) is 0 Å². The monoisotopic (exact) mass is 343 g/mol. The molecule has 11 heavy (non-hydrogen) atoms. The molecule has 1 fully saturated rings. The molecule has 0 aliphatic heterocycles. The Labute approximate surface area is 87.9 Å². The van der Waals surface area contributed by atoms with E-state index < -0.39 is 5.97 Å². The van der Waals surface area contributed by atoms with Crippen molar-refractivity contribution in [1.29, 1.82) is 0 Å². The maximum Gasteiger partial charge on any atom is 1.00 e. The summed E-state index contributed by atoms with van der Waals surface area (Å²) in [7, 11) is 0. The van der Waals surface area contributed by atoms with Crippen LogP contribution in [-0.4, -0.2) is 5.97 Å². The first-order valence-corrected chi connectivity index (χ1v) is 3.99. The van der Waals surface area contributed by atoms with Crippen LogP contribution in [0.25, 0.3) is 0 Å². The topological polar surface area (TPSA) is 40.1 Å². The van der Waals surface area contributed by atoms with Crippen molar-refractivity contribution < 1.29 is 37.6 Å². The van der Waals surface area contributed by atoms with Crippen molar-refractivity contribution in [3.05, 3.63) is 0 Å². The maximum absolute atomic E-state index is 10.2. The standard InChI is InChI=1S/C8H14O2.Hg/c9-8(10)6-7-4-2-1-3-5-7;/h7H,1-6H2,(H,9,10);/q;+1/p-1. The third kappa shape index (κ3) is 4.78. The number of aliphatic carboxylic acids is 1. The summed E-state index contributed by atoms with van der Waals surface area (Å²) >= 11 is 0. The van der Waals surface area contributed by atoms with Gasteiger partial charge in [-0.05, 0) is 12.3 Å². The molecule has 2 nitrogen and oxygen atoms in total. The molecule has 0 atom stereocenters. The molecule has 1 aliphatic carbocycles. The summed E-state index contributed by atoms with van der Waals surface area (Å²) in [4.78, 5) is 10.2. The van der Waals surface area contributed by atoms with Crippen molar-refractivity contribution in [2.75, 3.05) is 0 Å². The quantitative estimate of drug-likeness (QED) is 0.694. The van der Waals surface area contributed by atoms with E-state index >= 15 is 0 Å². The van der Waals surface area contributed by atoms with E-state index in [2.05, 4.69) is 0 Å². The number of carboxylic acids is 1. The Bertz CT molecular complexity index is 119. The van der Waals surface area contributed by atoms with E-state index in [1.807, 2.05) is 0 Å². The Hall–Kier alpha value is 0.405. The second-order valence-corrected chi connectivity index (χ2v) is 3.08. The molecule has 59 valence electrons. The van der Waals surface area contributed by atoms with Gasteiger partial charge in [-0.3, -0.25) is 0 Å². The summed E-state index contributed by atoms with van der Waals surface area (Å²) in [6.07, 6.45) is 6.15. The van der Waals surface area contributed by atoms with Gasteiger partial charge in [-0.25, -0.2) is 0 Å². The van der Waals surface area contributed by atoms with Crippen molar-refractivity contribution in [2.24, 2.45) is 5.92 Å². The van der Waals surface area contributed by atoms with Crippen molar-refractivity contribution in [3.8, 4) is 0 Å². The van der Waals surface area contributed by atoms with E-state index in [0.717, 1.165) is 12.8 Å². The summed E-state index contributed by atoms with van der Waals surface area (Å²) < 4.78 is 0. The fourth-order valence-electron chi connectivity index (χ4n) is 1.63. The molecule has 0 N–H and O–H groups in total. The van der Waals surface area contributed by atoms with Crippen LogP contribution in [0.1, 0.15) is 38.5 Å². The molecule has 1 radical (unpaired) electrons. The van der Waals surface area contributed by atoms with Gasteiger partial charge in [0.25, 0.3) is 0 Å². The van der Waals surface area contributed by atoms with Crippen LogP contribution in [0.3, 0.4) is 0 Å². The van der Waals surface area contributed by atoms with Gasteiger partial charge in [0.2, 0.25) is 0 Å². The molecule has 0 aromatic heterocycles. The Morgan fingerprint density at radius 1 is 1.27 bits per heavy atom. The molecule has 0 saturated heterocycles. The van der Waals surface area contributed by atoms with Crippen LogP contribution in [0, 0.1) is 5.92 Å². The zero-order valence-electron chi connectivity index (χ0n) is 6.84. The van der Waals surface area contributed by atoms with Crippen molar-refractivity contribution >= 4 is 5.97 Å². The molecule has 0 spiro atoms. The Morgan fingerprint density at radius 3 is 2.27 bits per heavy atom. The number of hydrogen-bond acceptors (Lipinski definition) is 2. The van der Waals surface area contributed by atoms with Gasteiger partial charge in [0.05, 0.1) is 0 Å². The van der Waals surface area contributed by atoms with Gasteiger partial charge in [0.15, 0.2) is 0 Å². The predicted octanol–water partition coefficient (Wildman–Crippen LogP) is 0.704. The van der Waals surface area contributed by atoms with Crippen LogP contribution in [0.15, 0.2) is 0 Å². The summed E-state index contributed by atoms with van der Waals surface area (Å²) in [5, 5.41) is 10.2. The number of hydrogen-bond donors (Lipinski definition) is 0. The Balaban J connectivity index is 0.000001000. The van der Waals surface area contributed by atoms with Gasteiger partial charge in [-0.15, -0.1) is 0 Å². The normalized spacial score (nSPS) is 18.9. The molecule has 0 aromatic carbocycles. The fraction of sp³-hybridized carbons (Fsp3) is 0.875. The molecule has 0 amide bonds. The molecule has 0 aromatic rings. The summed E-state index contributed by atoms with van der Waals surface area (Å²) in [6, 6.07) is 0. The SMILES string of the molecule is O=C([O-])CC1CCCCC1.[Hg+]. The third-order valence-corrected chi connectivity index (χ3v) is 2.18. The molecular formula is C8H13HgO2. The van der Waals surface area contributed by atoms with E-state index in [4.69, 9.17) is 0 Å². The number of rotatable bonds is 2. The van der Waals surface area contributed by atoms with E-state index in [9.17, 15) is 9.90 Å². The molecule has 3 heteroatoms. The number of carboxylic acid groups (broad SMARTS) is 1. The van der Waals surface area contributed by atoms with Crippen molar-refractivity contribution in [3.63, 3.8) is 0 Å². The summed E-state index contributed by atoms with van der Waals surface area (Å²) in [5.74, 6) is -0.467. The number of carbonyl (C=O) groups is 1. The van der Waals surface area contributed by atoms with Gasteiger partial charge < -0.3 is 9.90 Å². The minimum absolute atomic E-state index is 0. The summed E-state index contributed by atoms with van der Waals surface area (Å²) in [6.45, 7) is 0. The molecule has 1 aliphatic rings. The van der Waals surface area contributed by atoms with Gasteiger partial charge in [-0.1, -0.05) is 32.1 Å². The zero-order chi connectivity index (χ0) is 7.40. The van der Waals surface area contributed by atoms with E-state index in [0.29, 0.717) is 5.92 Å². The molecule has 0 heterocycles. The molecular weight excluding hydrogens is 329 g/mol. The van der Waals surface area contributed by atoms with Crippen molar-refractivity contribution in [2.45, 2.75) is 38.5 Å². The van der Waals surface area contributed by atoms with Crippen LogP contribution >= 0.6 is 0 Å². The first-order valence-electron chi connectivity index (χ1n) is 3.99. The van der Waals surface area contributed by atoms with Crippen LogP contribution in [0.2, 0.25) is 0 Å². The number of carbonyl (C=O) groups excluding carboxylic acids is 1. The third-order valence-electron chi connectivity index (χ3n) is 2.18. The Morgan fingerprint density at radius 2 is 1.82 bits per heavy atom. The first-order chi connectivity index (χ1) is 4.79. The van der Waals surface area contributed by atoms with Crippen molar-refractivity contribution in [1.82, 2.24) is 0 Å².